The second-order valence-electron chi connectivity index (χ2n) is 5.69. The van der Waals surface area contributed by atoms with Gasteiger partial charge in [0.2, 0.25) is 0 Å². The van der Waals surface area contributed by atoms with E-state index in [1.54, 1.807) is 4.68 Å². The molecule has 0 radical (unpaired) electrons. The van der Waals surface area contributed by atoms with Gasteiger partial charge in [-0.3, -0.25) is 9.48 Å². The number of ether oxygens (including phenoxy) is 1. The standard InChI is InChI=1S/C15H24N2O2/c1-4-19-15(8-5-12(2)6-9-15)14(18)11-13-7-10-17(3)16-13/h7,10,12H,4-6,8-9,11H2,1-3H3. The molecule has 0 amide bonds. The topological polar surface area (TPSA) is 44.1 Å². The van der Waals surface area contributed by atoms with E-state index in [9.17, 15) is 4.79 Å². The fourth-order valence-corrected chi connectivity index (χ4v) is 2.89. The normalized spacial score (nSPS) is 27.4. The molecule has 0 aliphatic heterocycles. The zero-order valence-electron chi connectivity index (χ0n) is 12.2. The van der Waals surface area contributed by atoms with Crippen LogP contribution in [0.2, 0.25) is 0 Å². The fraction of sp³-hybridized carbons (Fsp3) is 0.733. The lowest BCUT2D eigenvalue weighted by atomic mass is 9.76. The third kappa shape index (κ3) is 3.24. The first-order valence-corrected chi connectivity index (χ1v) is 7.21. The third-order valence-corrected chi connectivity index (χ3v) is 4.12. The molecule has 2 rings (SSSR count). The highest BCUT2D eigenvalue weighted by Crippen LogP contribution is 2.36. The minimum Gasteiger partial charge on any atom is -0.367 e. The zero-order valence-corrected chi connectivity index (χ0v) is 12.2. The van der Waals surface area contributed by atoms with Crippen molar-refractivity contribution >= 4 is 5.78 Å². The van der Waals surface area contributed by atoms with Crippen LogP contribution in [0.4, 0.5) is 0 Å². The molecule has 1 aliphatic rings. The molecular formula is C15H24N2O2. The van der Waals surface area contributed by atoms with E-state index < -0.39 is 5.60 Å². The Balaban J connectivity index is 2.08. The van der Waals surface area contributed by atoms with E-state index in [0.29, 0.717) is 18.9 Å². The highest BCUT2D eigenvalue weighted by molar-refractivity contribution is 5.89. The Morgan fingerprint density at radius 2 is 2.21 bits per heavy atom. The predicted molar refractivity (Wildman–Crippen MR) is 73.9 cm³/mol. The summed E-state index contributed by atoms with van der Waals surface area (Å²) in [6.45, 7) is 4.81. The molecule has 0 unspecified atom stereocenters. The predicted octanol–water partition coefficient (Wildman–Crippen LogP) is 2.52. The van der Waals surface area contributed by atoms with E-state index in [1.165, 1.54) is 0 Å². The number of aryl methyl sites for hydroxylation is 1. The second-order valence-corrected chi connectivity index (χ2v) is 5.69. The van der Waals surface area contributed by atoms with Gasteiger partial charge in [-0.2, -0.15) is 5.10 Å². The quantitative estimate of drug-likeness (QED) is 0.821. The fourth-order valence-electron chi connectivity index (χ4n) is 2.89. The SMILES string of the molecule is CCOC1(C(=O)Cc2ccn(C)n2)CCC(C)CC1. The van der Waals surface area contributed by atoms with Crippen LogP contribution in [-0.2, 0) is 23.0 Å². The van der Waals surface area contributed by atoms with E-state index >= 15 is 0 Å². The molecule has 4 heteroatoms. The largest absolute Gasteiger partial charge is 0.367 e. The Kier molecular flexibility index (Phi) is 4.40. The molecule has 0 bridgehead atoms. The van der Waals surface area contributed by atoms with Crippen molar-refractivity contribution in [3.63, 3.8) is 0 Å². The molecule has 0 N–H and O–H groups in total. The minimum atomic E-state index is -0.557. The molecule has 1 fully saturated rings. The van der Waals surface area contributed by atoms with Crippen molar-refractivity contribution in [2.75, 3.05) is 6.61 Å². The van der Waals surface area contributed by atoms with Crippen LogP contribution in [0.25, 0.3) is 0 Å². The van der Waals surface area contributed by atoms with Gasteiger partial charge in [0.05, 0.1) is 12.1 Å². The molecule has 1 aromatic rings. The first kappa shape index (κ1) is 14.3. The first-order valence-electron chi connectivity index (χ1n) is 7.21. The van der Waals surface area contributed by atoms with Gasteiger partial charge in [0, 0.05) is 19.9 Å². The smallest absolute Gasteiger partial charge is 0.170 e. The highest BCUT2D eigenvalue weighted by Gasteiger charge is 2.41. The van der Waals surface area contributed by atoms with E-state index in [4.69, 9.17) is 4.74 Å². The maximum absolute atomic E-state index is 12.6. The van der Waals surface area contributed by atoms with Crippen LogP contribution in [0.3, 0.4) is 0 Å². The summed E-state index contributed by atoms with van der Waals surface area (Å²) in [5, 5.41) is 4.29. The Labute approximate surface area is 115 Å². The molecule has 0 aromatic carbocycles. The van der Waals surface area contributed by atoms with Crippen LogP contribution >= 0.6 is 0 Å². The molecule has 0 saturated heterocycles. The number of rotatable bonds is 5. The number of ketones is 1. The average molecular weight is 264 g/mol. The van der Waals surface area contributed by atoms with Crippen LogP contribution < -0.4 is 0 Å². The van der Waals surface area contributed by atoms with Gasteiger partial charge in [0.15, 0.2) is 5.78 Å². The van der Waals surface area contributed by atoms with E-state index in [-0.39, 0.29) is 5.78 Å². The molecule has 0 spiro atoms. The van der Waals surface area contributed by atoms with Crippen molar-refractivity contribution in [2.24, 2.45) is 13.0 Å². The van der Waals surface area contributed by atoms with E-state index in [1.807, 2.05) is 26.2 Å². The Morgan fingerprint density at radius 1 is 1.53 bits per heavy atom. The van der Waals surface area contributed by atoms with Crippen LogP contribution in [0.1, 0.15) is 45.2 Å². The maximum Gasteiger partial charge on any atom is 0.170 e. The first-order chi connectivity index (χ1) is 9.05. The van der Waals surface area contributed by atoms with Gasteiger partial charge in [0.1, 0.15) is 5.60 Å². The molecule has 106 valence electrons. The van der Waals surface area contributed by atoms with Crippen molar-refractivity contribution in [1.29, 1.82) is 0 Å². The van der Waals surface area contributed by atoms with Crippen LogP contribution in [-0.4, -0.2) is 27.8 Å². The van der Waals surface area contributed by atoms with Crippen LogP contribution in [0.5, 0.6) is 0 Å². The summed E-state index contributed by atoms with van der Waals surface area (Å²) >= 11 is 0. The van der Waals surface area contributed by atoms with Gasteiger partial charge in [0.25, 0.3) is 0 Å². The van der Waals surface area contributed by atoms with Crippen molar-refractivity contribution in [3.8, 4) is 0 Å². The van der Waals surface area contributed by atoms with Gasteiger partial charge in [-0.15, -0.1) is 0 Å². The van der Waals surface area contributed by atoms with Crippen molar-refractivity contribution in [1.82, 2.24) is 9.78 Å². The van der Waals surface area contributed by atoms with Gasteiger partial charge in [-0.1, -0.05) is 6.92 Å². The Morgan fingerprint density at radius 3 is 2.74 bits per heavy atom. The summed E-state index contributed by atoms with van der Waals surface area (Å²) in [5.74, 6) is 0.899. The maximum atomic E-state index is 12.6. The van der Waals surface area contributed by atoms with Crippen molar-refractivity contribution in [3.05, 3.63) is 18.0 Å². The number of aromatic nitrogens is 2. The lowest BCUT2D eigenvalue weighted by molar-refractivity contribution is -0.149. The number of nitrogens with zero attached hydrogens (tertiary/aromatic N) is 2. The van der Waals surface area contributed by atoms with Gasteiger partial charge >= 0.3 is 0 Å². The Bertz CT molecular complexity index is 431. The Hall–Kier alpha value is -1.16. The van der Waals surface area contributed by atoms with Crippen molar-refractivity contribution < 1.29 is 9.53 Å². The second kappa shape index (κ2) is 5.87. The molecule has 1 saturated carbocycles. The number of hydrogen-bond donors (Lipinski definition) is 0. The minimum absolute atomic E-state index is 0.194. The summed E-state index contributed by atoms with van der Waals surface area (Å²) in [6.07, 6.45) is 6.12. The summed E-state index contributed by atoms with van der Waals surface area (Å²) in [4.78, 5) is 12.6. The summed E-state index contributed by atoms with van der Waals surface area (Å²) < 4.78 is 7.61. The molecule has 0 atom stereocenters. The third-order valence-electron chi connectivity index (χ3n) is 4.12. The van der Waals surface area contributed by atoms with Gasteiger partial charge in [-0.25, -0.2) is 0 Å². The molecule has 19 heavy (non-hydrogen) atoms. The monoisotopic (exact) mass is 264 g/mol. The van der Waals surface area contributed by atoms with Gasteiger partial charge in [-0.05, 0) is 44.6 Å². The molecular weight excluding hydrogens is 240 g/mol. The lowest BCUT2D eigenvalue weighted by Crippen LogP contribution is -2.45. The number of Topliss-reactive ketones (excluding diaryl/α,β-unsaturated/α-hetero) is 1. The lowest BCUT2D eigenvalue weighted by Gasteiger charge is -2.37. The molecule has 1 aromatic heterocycles. The van der Waals surface area contributed by atoms with Crippen LogP contribution in [0.15, 0.2) is 12.3 Å². The number of carbonyl (C=O) groups excluding carboxylic acids is 1. The van der Waals surface area contributed by atoms with Crippen molar-refractivity contribution in [2.45, 2.75) is 51.6 Å². The number of carbonyl (C=O) groups is 1. The van der Waals surface area contributed by atoms with Crippen LogP contribution in [0, 0.1) is 5.92 Å². The number of hydrogen-bond acceptors (Lipinski definition) is 3. The molecule has 1 heterocycles. The highest BCUT2D eigenvalue weighted by atomic mass is 16.5. The molecule has 1 aliphatic carbocycles. The van der Waals surface area contributed by atoms with E-state index in [2.05, 4.69) is 12.0 Å². The van der Waals surface area contributed by atoms with Gasteiger partial charge < -0.3 is 4.74 Å². The zero-order chi connectivity index (χ0) is 13.9. The molecule has 4 nitrogen and oxygen atoms in total. The summed E-state index contributed by atoms with van der Waals surface area (Å²) in [6, 6.07) is 1.91. The van der Waals surface area contributed by atoms with E-state index in [0.717, 1.165) is 31.4 Å². The summed E-state index contributed by atoms with van der Waals surface area (Å²) in [5.41, 5.74) is 0.281. The summed E-state index contributed by atoms with van der Waals surface area (Å²) in [7, 11) is 1.87. The average Bonchev–Trinajstić information content (AvgIpc) is 2.78.